The molecule has 0 amide bonds. The Morgan fingerprint density at radius 3 is 1.94 bits per heavy atom. The molecular weight excluding hydrogens is 230 g/mol. The summed E-state index contributed by atoms with van der Waals surface area (Å²) in [6, 6.07) is 0. The predicted octanol–water partition coefficient (Wildman–Crippen LogP) is 0.301. The maximum atomic E-state index is 10.9. The van der Waals surface area contributed by atoms with Crippen LogP contribution in [0, 0.1) is 17.8 Å². The van der Waals surface area contributed by atoms with Crippen LogP contribution < -0.4 is 0 Å². The zero-order valence-corrected chi connectivity index (χ0v) is 8.27. The quantitative estimate of drug-likeness (QED) is 0.704. The Kier molecular flexibility index (Phi) is 10.8. The van der Waals surface area contributed by atoms with Crippen molar-refractivity contribution in [2.45, 2.75) is 32.6 Å². The average molecular weight is 248 g/mol. The van der Waals surface area contributed by atoms with Crippen LogP contribution >= 0.6 is 0 Å². The molecule has 0 bridgehead atoms. The molecule has 16 heavy (non-hydrogen) atoms. The SMILES string of the molecule is CCC1CCC(C(=O)O)C(C(=O)O)C1.[NaH].[NaH]. The Hall–Kier alpha value is 0.940. The number of hydrogen-bond acceptors (Lipinski definition) is 2. The third-order valence-corrected chi connectivity index (χ3v) is 3.17. The van der Waals surface area contributed by atoms with Crippen molar-refractivity contribution < 1.29 is 19.8 Å². The van der Waals surface area contributed by atoms with Crippen LogP contribution in [0.2, 0.25) is 0 Å². The van der Waals surface area contributed by atoms with Crippen molar-refractivity contribution in [3.63, 3.8) is 0 Å². The fourth-order valence-electron chi connectivity index (χ4n) is 2.20. The topological polar surface area (TPSA) is 74.6 Å². The van der Waals surface area contributed by atoms with Crippen LogP contribution in [0.3, 0.4) is 0 Å². The minimum atomic E-state index is -0.966. The molecule has 2 N–H and O–H groups in total. The molecule has 1 aliphatic carbocycles. The summed E-state index contributed by atoms with van der Waals surface area (Å²) >= 11 is 0. The maximum absolute atomic E-state index is 10.9. The summed E-state index contributed by atoms with van der Waals surface area (Å²) in [5.41, 5.74) is 0. The Balaban J connectivity index is 0. The van der Waals surface area contributed by atoms with Crippen LogP contribution in [0.25, 0.3) is 0 Å². The van der Waals surface area contributed by atoms with Gasteiger partial charge < -0.3 is 10.2 Å². The van der Waals surface area contributed by atoms with E-state index >= 15 is 0 Å². The van der Waals surface area contributed by atoms with E-state index in [0.29, 0.717) is 18.8 Å². The molecule has 3 atom stereocenters. The molecule has 0 heterocycles. The van der Waals surface area contributed by atoms with E-state index < -0.39 is 23.8 Å². The van der Waals surface area contributed by atoms with Crippen molar-refractivity contribution in [3.8, 4) is 0 Å². The van der Waals surface area contributed by atoms with Gasteiger partial charge in [0.1, 0.15) is 0 Å². The summed E-state index contributed by atoms with van der Waals surface area (Å²) in [7, 11) is 0. The first-order valence-electron chi connectivity index (χ1n) is 5.01. The second-order valence-corrected chi connectivity index (χ2v) is 3.98. The molecule has 1 rings (SSSR count). The summed E-state index contributed by atoms with van der Waals surface area (Å²) in [6.45, 7) is 2.02. The van der Waals surface area contributed by atoms with Gasteiger partial charge in [-0.25, -0.2) is 0 Å². The van der Waals surface area contributed by atoms with Gasteiger partial charge in [0.15, 0.2) is 0 Å². The monoisotopic (exact) mass is 248 g/mol. The van der Waals surface area contributed by atoms with Crippen molar-refractivity contribution in [2.24, 2.45) is 17.8 Å². The first kappa shape index (κ1) is 19.3. The fraction of sp³-hybridized carbons (Fsp3) is 0.800. The van der Waals surface area contributed by atoms with Crippen LogP contribution in [0.1, 0.15) is 32.6 Å². The molecule has 1 fully saturated rings. The van der Waals surface area contributed by atoms with Gasteiger partial charge in [-0.1, -0.05) is 13.3 Å². The molecule has 6 heteroatoms. The van der Waals surface area contributed by atoms with Gasteiger partial charge >= 0.3 is 71.1 Å². The fourth-order valence-corrected chi connectivity index (χ4v) is 2.20. The van der Waals surface area contributed by atoms with Crippen LogP contribution in [0.5, 0.6) is 0 Å². The van der Waals surface area contributed by atoms with Crippen molar-refractivity contribution in [1.29, 1.82) is 0 Å². The second-order valence-electron chi connectivity index (χ2n) is 3.98. The molecule has 0 aromatic heterocycles. The number of carboxylic acid groups (broad SMARTS) is 2. The summed E-state index contributed by atoms with van der Waals surface area (Å²) in [5.74, 6) is -2.92. The van der Waals surface area contributed by atoms with Gasteiger partial charge in [-0.2, -0.15) is 0 Å². The number of carboxylic acids is 2. The number of rotatable bonds is 3. The van der Waals surface area contributed by atoms with Gasteiger partial charge in [0, 0.05) is 0 Å². The third kappa shape index (κ3) is 5.07. The van der Waals surface area contributed by atoms with E-state index in [-0.39, 0.29) is 59.1 Å². The minimum absolute atomic E-state index is 0. The molecular formula is C10H18Na2O4. The first-order valence-corrected chi connectivity index (χ1v) is 5.01. The zero-order valence-electron chi connectivity index (χ0n) is 8.27. The molecule has 4 nitrogen and oxygen atoms in total. The van der Waals surface area contributed by atoms with Crippen LogP contribution in [-0.2, 0) is 9.59 Å². The molecule has 0 aromatic rings. The number of hydrogen-bond donors (Lipinski definition) is 2. The van der Waals surface area contributed by atoms with Crippen molar-refractivity contribution >= 4 is 71.1 Å². The predicted molar refractivity (Wildman–Crippen MR) is 64.2 cm³/mol. The van der Waals surface area contributed by atoms with E-state index in [9.17, 15) is 9.59 Å². The second kappa shape index (κ2) is 8.95. The van der Waals surface area contributed by atoms with Crippen molar-refractivity contribution in [1.82, 2.24) is 0 Å². The molecule has 0 radical (unpaired) electrons. The van der Waals surface area contributed by atoms with Gasteiger partial charge in [-0.3, -0.25) is 9.59 Å². The van der Waals surface area contributed by atoms with E-state index in [4.69, 9.17) is 10.2 Å². The normalized spacial score (nSPS) is 28.4. The molecule has 0 spiro atoms. The van der Waals surface area contributed by atoms with Crippen LogP contribution in [-0.4, -0.2) is 81.3 Å². The Bertz CT molecular complexity index is 245. The number of carbonyl (C=O) groups is 2. The van der Waals surface area contributed by atoms with Crippen LogP contribution in [0.4, 0.5) is 0 Å². The van der Waals surface area contributed by atoms with Gasteiger partial charge in [-0.15, -0.1) is 0 Å². The van der Waals surface area contributed by atoms with E-state index in [1.165, 1.54) is 0 Å². The van der Waals surface area contributed by atoms with Crippen molar-refractivity contribution in [2.75, 3.05) is 0 Å². The van der Waals surface area contributed by atoms with Gasteiger partial charge in [0.05, 0.1) is 11.8 Å². The molecule has 3 unspecified atom stereocenters. The van der Waals surface area contributed by atoms with Gasteiger partial charge in [-0.05, 0) is 25.2 Å². The Morgan fingerprint density at radius 2 is 1.56 bits per heavy atom. The first-order chi connectivity index (χ1) is 6.56. The molecule has 1 aliphatic rings. The number of aliphatic carboxylic acids is 2. The van der Waals surface area contributed by atoms with Crippen LogP contribution in [0.15, 0.2) is 0 Å². The van der Waals surface area contributed by atoms with E-state index in [2.05, 4.69) is 0 Å². The molecule has 0 aromatic carbocycles. The summed E-state index contributed by atoms with van der Waals surface area (Å²) in [6.07, 6.45) is 2.81. The summed E-state index contributed by atoms with van der Waals surface area (Å²) < 4.78 is 0. The molecule has 0 saturated heterocycles. The molecule has 84 valence electrons. The van der Waals surface area contributed by atoms with Gasteiger partial charge in [0.2, 0.25) is 0 Å². The summed E-state index contributed by atoms with van der Waals surface area (Å²) in [5, 5.41) is 17.8. The zero-order chi connectivity index (χ0) is 10.7. The van der Waals surface area contributed by atoms with E-state index in [1.54, 1.807) is 0 Å². The third-order valence-electron chi connectivity index (χ3n) is 3.17. The standard InChI is InChI=1S/C10H16O4.2Na.2H/c1-2-6-3-4-7(9(11)12)8(5-6)10(13)14;;;;/h6-8H,2-5H2,1H3,(H,11,12)(H,13,14);;;;. The summed E-state index contributed by atoms with van der Waals surface area (Å²) in [4.78, 5) is 21.7. The Morgan fingerprint density at radius 1 is 1.06 bits per heavy atom. The molecule has 1 saturated carbocycles. The average Bonchev–Trinajstić information content (AvgIpc) is 2.16. The van der Waals surface area contributed by atoms with E-state index in [1.807, 2.05) is 6.92 Å². The van der Waals surface area contributed by atoms with Crippen molar-refractivity contribution in [3.05, 3.63) is 0 Å². The van der Waals surface area contributed by atoms with Gasteiger partial charge in [0.25, 0.3) is 0 Å². The molecule has 0 aliphatic heterocycles. The Labute approximate surface area is 140 Å². The van der Waals surface area contributed by atoms with E-state index in [0.717, 1.165) is 12.8 Å².